The molecular weight excluding hydrogens is 360 g/mol. The lowest BCUT2D eigenvalue weighted by Gasteiger charge is -2.26. The van der Waals surface area contributed by atoms with E-state index in [-0.39, 0.29) is 5.91 Å². The van der Waals surface area contributed by atoms with Crippen molar-refractivity contribution in [3.8, 4) is 0 Å². The monoisotopic (exact) mass is 376 g/mol. The van der Waals surface area contributed by atoms with Gasteiger partial charge in [0.15, 0.2) is 0 Å². The number of morpholine rings is 1. The van der Waals surface area contributed by atoms with Gasteiger partial charge in [0.1, 0.15) is 5.69 Å². The van der Waals surface area contributed by atoms with Gasteiger partial charge >= 0.3 is 0 Å². The number of aromatic nitrogens is 2. The molecule has 0 aliphatic carbocycles. The zero-order chi connectivity index (χ0) is 16.2. The Labute approximate surface area is 143 Å². The number of rotatable bonds is 3. The average Bonchev–Trinajstić information content (AvgIpc) is 2.56. The third-order valence-corrected chi connectivity index (χ3v) is 4.00. The van der Waals surface area contributed by atoms with E-state index in [1.807, 2.05) is 31.2 Å². The molecule has 0 unspecified atom stereocenters. The number of benzene rings is 1. The zero-order valence-corrected chi connectivity index (χ0v) is 14.3. The van der Waals surface area contributed by atoms with Crippen LogP contribution in [0.5, 0.6) is 0 Å². The van der Waals surface area contributed by atoms with Crippen molar-refractivity contribution in [1.82, 2.24) is 14.9 Å². The van der Waals surface area contributed by atoms with Crippen LogP contribution in [0, 0.1) is 6.92 Å². The summed E-state index contributed by atoms with van der Waals surface area (Å²) in [5, 5.41) is 3.13. The van der Waals surface area contributed by atoms with E-state index in [4.69, 9.17) is 4.74 Å². The standard InChI is InChI=1S/C16H17BrN4O2/c1-11-10-14(15(22)21-6-8-23-9-7-21)20-16(18-11)19-13-4-2-12(17)3-5-13/h2-5,10H,6-9H2,1H3,(H,18,19,20). The van der Waals surface area contributed by atoms with Crippen LogP contribution in [-0.4, -0.2) is 47.1 Å². The van der Waals surface area contributed by atoms with Crippen molar-refractivity contribution in [3.63, 3.8) is 0 Å². The first kappa shape index (κ1) is 15.9. The number of hydrogen-bond donors (Lipinski definition) is 1. The van der Waals surface area contributed by atoms with Gasteiger partial charge in [0.2, 0.25) is 5.95 Å². The van der Waals surface area contributed by atoms with E-state index >= 15 is 0 Å². The molecule has 0 radical (unpaired) electrons. The van der Waals surface area contributed by atoms with E-state index in [1.54, 1.807) is 11.0 Å². The molecule has 0 atom stereocenters. The maximum absolute atomic E-state index is 12.5. The number of nitrogens with zero attached hydrogens (tertiary/aromatic N) is 3. The fourth-order valence-electron chi connectivity index (χ4n) is 2.32. The molecule has 1 aliphatic heterocycles. The quantitative estimate of drug-likeness (QED) is 0.891. The fraction of sp³-hybridized carbons (Fsp3) is 0.312. The summed E-state index contributed by atoms with van der Waals surface area (Å²) >= 11 is 3.40. The lowest BCUT2D eigenvalue weighted by Crippen LogP contribution is -2.41. The molecular formula is C16H17BrN4O2. The van der Waals surface area contributed by atoms with Gasteiger partial charge in [-0.3, -0.25) is 4.79 Å². The summed E-state index contributed by atoms with van der Waals surface area (Å²) in [4.78, 5) is 23.0. The number of halogens is 1. The van der Waals surface area contributed by atoms with Gasteiger partial charge in [-0.15, -0.1) is 0 Å². The van der Waals surface area contributed by atoms with Gasteiger partial charge in [-0.25, -0.2) is 9.97 Å². The highest BCUT2D eigenvalue weighted by atomic mass is 79.9. The third kappa shape index (κ3) is 4.05. The van der Waals surface area contributed by atoms with E-state index in [1.165, 1.54) is 0 Å². The third-order valence-electron chi connectivity index (χ3n) is 3.47. The molecule has 0 bridgehead atoms. The summed E-state index contributed by atoms with van der Waals surface area (Å²) in [6.45, 7) is 4.18. The van der Waals surface area contributed by atoms with Crippen LogP contribution in [-0.2, 0) is 4.74 Å². The minimum atomic E-state index is -0.0855. The molecule has 7 heteroatoms. The molecule has 23 heavy (non-hydrogen) atoms. The number of amides is 1. The molecule has 1 aromatic heterocycles. The molecule has 3 rings (SSSR count). The molecule has 1 aliphatic rings. The highest BCUT2D eigenvalue weighted by Crippen LogP contribution is 2.18. The predicted molar refractivity (Wildman–Crippen MR) is 90.9 cm³/mol. The van der Waals surface area contributed by atoms with Crippen LogP contribution in [0.25, 0.3) is 0 Å². The van der Waals surface area contributed by atoms with Gasteiger partial charge in [0.25, 0.3) is 5.91 Å². The Bertz CT molecular complexity index is 700. The molecule has 2 aromatic rings. The van der Waals surface area contributed by atoms with Crippen molar-refractivity contribution in [1.29, 1.82) is 0 Å². The van der Waals surface area contributed by atoms with Crippen molar-refractivity contribution in [2.24, 2.45) is 0 Å². The number of carbonyl (C=O) groups excluding carboxylic acids is 1. The molecule has 1 fully saturated rings. The normalized spacial score (nSPS) is 14.6. The van der Waals surface area contributed by atoms with Gasteiger partial charge < -0.3 is 15.0 Å². The maximum Gasteiger partial charge on any atom is 0.272 e. The van der Waals surface area contributed by atoms with Crippen molar-refractivity contribution < 1.29 is 9.53 Å². The highest BCUT2D eigenvalue weighted by molar-refractivity contribution is 9.10. The predicted octanol–water partition coefficient (Wildman–Crippen LogP) is 2.76. The Hall–Kier alpha value is -1.99. The summed E-state index contributed by atoms with van der Waals surface area (Å²) in [7, 11) is 0. The number of aryl methyl sites for hydroxylation is 1. The smallest absolute Gasteiger partial charge is 0.272 e. The first-order valence-corrected chi connectivity index (χ1v) is 8.16. The van der Waals surface area contributed by atoms with Gasteiger partial charge in [-0.2, -0.15) is 0 Å². The molecule has 2 heterocycles. The number of anilines is 2. The van der Waals surface area contributed by atoms with E-state index in [0.29, 0.717) is 37.9 Å². The van der Waals surface area contributed by atoms with Crippen LogP contribution in [0.2, 0.25) is 0 Å². The Morgan fingerprint density at radius 1 is 1.22 bits per heavy atom. The van der Waals surface area contributed by atoms with Crippen LogP contribution in [0.15, 0.2) is 34.8 Å². The summed E-state index contributed by atoms with van der Waals surface area (Å²) in [6, 6.07) is 9.40. The number of nitrogens with one attached hydrogen (secondary N) is 1. The van der Waals surface area contributed by atoms with Gasteiger partial charge in [0.05, 0.1) is 13.2 Å². The minimum absolute atomic E-state index is 0.0855. The highest BCUT2D eigenvalue weighted by Gasteiger charge is 2.20. The lowest BCUT2D eigenvalue weighted by molar-refractivity contribution is 0.0299. The summed E-state index contributed by atoms with van der Waals surface area (Å²) in [5.74, 6) is 0.335. The molecule has 1 N–H and O–H groups in total. The Morgan fingerprint density at radius 2 is 1.91 bits per heavy atom. The van der Waals surface area contributed by atoms with Crippen LogP contribution >= 0.6 is 15.9 Å². The van der Waals surface area contributed by atoms with Crippen molar-refractivity contribution in [2.75, 3.05) is 31.6 Å². The number of ether oxygens (including phenoxy) is 1. The van der Waals surface area contributed by atoms with E-state index in [9.17, 15) is 4.79 Å². The second-order valence-corrected chi connectivity index (χ2v) is 6.17. The second kappa shape index (κ2) is 7.06. The number of hydrogen-bond acceptors (Lipinski definition) is 5. The van der Waals surface area contributed by atoms with Gasteiger partial charge in [-0.05, 0) is 37.3 Å². The Kier molecular flexibility index (Phi) is 4.88. The van der Waals surface area contributed by atoms with E-state index in [0.717, 1.165) is 15.9 Å². The summed E-state index contributed by atoms with van der Waals surface area (Å²) < 4.78 is 6.28. The molecule has 0 spiro atoms. The number of carbonyl (C=O) groups is 1. The molecule has 6 nitrogen and oxygen atoms in total. The van der Waals surface area contributed by atoms with Gasteiger partial charge in [-0.1, -0.05) is 15.9 Å². The van der Waals surface area contributed by atoms with Crippen LogP contribution in [0.4, 0.5) is 11.6 Å². The first-order chi connectivity index (χ1) is 11.1. The Morgan fingerprint density at radius 3 is 2.61 bits per heavy atom. The summed E-state index contributed by atoms with van der Waals surface area (Å²) in [6.07, 6.45) is 0. The maximum atomic E-state index is 12.5. The van der Waals surface area contributed by atoms with Crippen LogP contribution < -0.4 is 5.32 Å². The van der Waals surface area contributed by atoms with Crippen molar-refractivity contribution in [3.05, 3.63) is 46.2 Å². The molecule has 1 saturated heterocycles. The molecule has 1 amide bonds. The lowest BCUT2D eigenvalue weighted by atomic mass is 10.3. The second-order valence-electron chi connectivity index (χ2n) is 5.25. The molecule has 0 saturated carbocycles. The summed E-state index contributed by atoms with van der Waals surface area (Å²) in [5.41, 5.74) is 2.01. The zero-order valence-electron chi connectivity index (χ0n) is 12.8. The van der Waals surface area contributed by atoms with Crippen molar-refractivity contribution >= 4 is 33.5 Å². The first-order valence-electron chi connectivity index (χ1n) is 7.37. The average molecular weight is 377 g/mol. The largest absolute Gasteiger partial charge is 0.378 e. The molecule has 120 valence electrons. The van der Waals surface area contributed by atoms with Gasteiger partial charge in [0, 0.05) is 28.9 Å². The fourth-order valence-corrected chi connectivity index (χ4v) is 2.59. The molecule has 1 aromatic carbocycles. The topological polar surface area (TPSA) is 67.4 Å². The van der Waals surface area contributed by atoms with E-state index in [2.05, 4.69) is 31.2 Å². The van der Waals surface area contributed by atoms with Crippen LogP contribution in [0.1, 0.15) is 16.2 Å². The van der Waals surface area contributed by atoms with E-state index < -0.39 is 0 Å². The SMILES string of the molecule is Cc1cc(C(=O)N2CCOCC2)nc(Nc2ccc(Br)cc2)n1. The van der Waals surface area contributed by atoms with Crippen LogP contribution in [0.3, 0.4) is 0 Å². The van der Waals surface area contributed by atoms with Crippen molar-refractivity contribution in [2.45, 2.75) is 6.92 Å². The minimum Gasteiger partial charge on any atom is -0.378 e. The Balaban J connectivity index is 1.80.